The minimum atomic E-state index is -0.199. The van der Waals surface area contributed by atoms with E-state index in [-0.39, 0.29) is 23.0 Å². The number of hydrogen-bond acceptors (Lipinski definition) is 3. The van der Waals surface area contributed by atoms with Gasteiger partial charge in [-0.2, -0.15) is 5.10 Å². The minimum Gasteiger partial charge on any atom is -0.363 e. The van der Waals surface area contributed by atoms with Crippen molar-refractivity contribution < 1.29 is 4.79 Å². The van der Waals surface area contributed by atoms with Crippen LogP contribution in [-0.4, -0.2) is 21.2 Å². The molecule has 1 aliphatic heterocycles. The zero-order valence-corrected chi connectivity index (χ0v) is 16.5. The van der Waals surface area contributed by atoms with Crippen molar-refractivity contribution in [2.24, 2.45) is 0 Å². The number of carbonyl (C=O) groups excluding carboxylic acids is 1. The molecule has 1 aromatic heterocycles. The number of carbonyl (C=O) groups is 1. The van der Waals surface area contributed by atoms with Gasteiger partial charge in [-0.3, -0.25) is 4.79 Å². The van der Waals surface area contributed by atoms with Crippen LogP contribution in [0.1, 0.15) is 75.8 Å². The van der Waals surface area contributed by atoms with E-state index in [1.807, 2.05) is 10.7 Å². The number of fused-ring (bicyclic) bond motifs is 1. The summed E-state index contributed by atoms with van der Waals surface area (Å²) in [6.07, 6.45) is 4.39. The topological polar surface area (TPSA) is 59.0 Å². The Hall–Kier alpha value is -2.30. The SMILES string of the molecule is CCC(C)(CC)NC(=O)c1cnn2c1NC(c1ccccc1)CC2(C)C. The molecule has 26 heavy (non-hydrogen) atoms. The Balaban J connectivity index is 1.94. The van der Waals surface area contributed by atoms with E-state index < -0.39 is 0 Å². The second kappa shape index (κ2) is 6.78. The summed E-state index contributed by atoms with van der Waals surface area (Å²) in [6, 6.07) is 10.5. The van der Waals surface area contributed by atoms with Crippen molar-refractivity contribution >= 4 is 11.7 Å². The van der Waals surface area contributed by atoms with Gasteiger partial charge >= 0.3 is 0 Å². The van der Waals surface area contributed by atoms with Crippen molar-refractivity contribution in [3.05, 3.63) is 47.7 Å². The second-order valence-corrected chi connectivity index (χ2v) is 8.16. The largest absolute Gasteiger partial charge is 0.363 e. The number of amides is 1. The zero-order chi connectivity index (χ0) is 18.9. The lowest BCUT2D eigenvalue weighted by atomic mass is 9.89. The average Bonchev–Trinajstić information content (AvgIpc) is 3.07. The monoisotopic (exact) mass is 354 g/mol. The van der Waals surface area contributed by atoms with E-state index in [0.717, 1.165) is 25.1 Å². The summed E-state index contributed by atoms with van der Waals surface area (Å²) >= 11 is 0. The molecule has 2 heterocycles. The molecule has 2 N–H and O–H groups in total. The van der Waals surface area contributed by atoms with Crippen molar-refractivity contribution in [3.63, 3.8) is 0 Å². The molecule has 5 nitrogen and oxygen atoms in total. The van der Waals surface area contributed by atoms with Gasteiger partial charge in [0.05, 0.1) is 17.8 Å². The van der Waals surface area contributed by atoms with E-state index in [0.29, 0.717) is 5.56 Å². The molecule has 0 radical (unpaired) electrons. The van der Waals surface area contributed by atoms with Crippen molar-refractivity contribution in [2.45, 2.75) is 71.0 Å². The highest BCUT2D eigenvalue weighted by Gasteiger charge is 2.37. The summed E-state index contributed by atoms with van der Waals surface area (Å²) in [4.78, 5) is 13.0. The first-order valence-corrected chi connectivity index (χ1v) is 9.52. The Kier molecular flexibility index (Phi) is 4.82. The molecule has 2 aromatic rings. The van der Waals surface area contributed by atoms with Gasteiger partial charge in [0.25, 0.3) is 5.91 Å². The molecule has 0 saturated carbocycles. The molecule has 1 unspecified atom stereocenters. The molecule has 1 amide bonds. The van der Waals surface area contributed by atoms with Gasteiger partial charge in [-0.25, -0.2) is 4.68 Å². The van der Waals surface area contributed by atoms with Gasteiger partial charge in [0.15, 0.2) is 0 Å². The van der Waals surface area contributed by atoms with Gasteiger partial charge in [0.2, 0.25) is 0 Å². The van der Waals surface area contributed by atoms with Crippen LogP contribution in [0.4, 0.5) is 5.82 Å². The first kappa shape index (κ1) is 18.5. The minimum absolute atomic E-state index is 0.0607. The highest BCUT2D eigenvalue weighted by atomic mass is 16.1. The third-order valence-electron chi connectivity index (χ3n) is 5.78. The second-order valence-electron chi connectivity index (χ2n) is 8.16. The van der Waals surface area contributed by atoms with Crippen LogP contribution in [0.5, 0.6) is 0 Å². The Morgan fingerprint density at radius 2 is 1.96 bits per heavy atom. The average molecular weight is 354 g/mol. The Morgan fingerprint density at radius 3 is 2.58 bits per heavy atom. The maximum atomic E-state index is 13.0. The summed E-state index contributed by atoms with van der Waals surface area (Å²) < 4.78 is 1.95. The molecule has 1 aliphatic rings. The molecule has 0 spiro atoms. The molecule has 1 atom stereocenters. The number of aromatic nitrogens is 2. The summed E-state index contributed by atoms with van der Waals surface area (Å²) in [6.45, 7) is 10.6. The maximum absolute atomic E-state index is 13.0. The van der Waals surface area contributed by atoms with Crippen LogP contribution in [0.3, 0.4) is 0 Å². The summed E-state index contributed by atoms with van der Waals surface area (Å²) in [5.41, 5.74) is 1.48. The predicted molar refractivity (Wildman–Crippen MR) is 105 cm³/mol. The highest BCUT2D eigenvalue weighted by Crippen LogP contribution is 2.39. The summed E-state index contributed by atoms with van der Waals surface area (Å²) in [7, 11) is 0. The van der Waals surface area contributed by atoms with Crippen LogP contribution >= 0.6 is 0 Å². The fraction of sp³-hybridized carbons (Fsp3) is 0.524. The lowest BCUT2D eigenvalue weighted by Gasteiger charge is -2.38. The van der Waals surface area contributed by atoms with E-state index in [1.165, 1.54) is 5.56 Å². The van der Waals surface area contributed by atoms with E-state index >= 15 is 0 Å². The molecule has 0 bridgehead atoms. The Morgan fingerprint density at radius 1 is 1.31 bits per heavy atom. The summed E-state index contributed by atoms with van der Waals surface area (Å²) in [5, 5.41) is 11.3. The smallest absolute Gasteiger partial charge is 0.257 e. The van der Waals surface area contributed by atoms with E-state index in [1.54, 1.807) is 6.20 Å². The fourth-order valence-corrected chi connectivity index (χ4v) is 3.57. The van der Waals surface area contributed by atoms with Crippen molar-refractivity contribution in [3.8, 4) is 0 Å². The molecule has 0 saturated heterocycles. The molecule has 0 aliphatic carbocycles. The third kappa shape index (κ3) is 3.35. The van der Waals surface area contributed by atoms with Gasteiger partial charge in [0.1, 0.15) is 11.4 Å². The number of hydrogen-bond donors (Lipinski definition) is 2. The van der Waals surface area contributed by atoms with Crippen molar-refractivity contribution in [2.75, 3.05) is 5.32 Å². The van der Waals surface area contributed by atoms with Crippen LogP contribution in [0.15, 0.2) is 36.5 Å². The first-order chi connectivity index (χ1) is 12.3. The highest BCUT2D eigenvalue weighted by molar-refractivity contribution is 5.99. The maximum Gasteiger partial charge on any atom is 0.257 e. The van der Waals surface area contributed by atoms with E-state index in [9.17, 15) is 4.79 Å². The molecule has 140 valence electrons. The number of nitrogens with zero attached hydrogens (tertiary/aromatic N) is 2. The first-order valence-electron chi connectivity index (χ1n) is 9.52. The number of anilines is 1. The van der Waals surface area contributed by atoms with Gasteiger partial charge in [-0.1, -0.05) is 44.2 Å². The lowest BCUT2D eigenvalue weighted by molar-refractivity contribution is 0.0901. The van der Waals surface area contributed by atoms with Gasteiger partial charge in [-0.05, 0) is 45.6 Å². The molecule has 0 fully saturated rings. The number of rotatable bonds is 5. The predicted octanol–water partition coefficient (Wildman–Crippen LogP) is 4.48. The van der Waals surface area contributed by atoms with Crippen LogP contribution in [0, 0.1) is 0 Å². The van der Waals surface area contributed by atoms with Crippen LogP contribution in [0.2, 0.25) is 0 Å². The van der Waals surface area contributed by atoms with E-state index in [4.69, 9.17) is 0 Å². The number of benzene rings is 1. The normalized spacial score (nSPS) is 18.7. The van der Waals surface area contributed by atoms with Crippen LogP contribution in [0.25, 0.3) is 0 Å². The van der Waals surface area contributed by atoms with Crippen molar-refractivity contribution in [1.82, 2.24) is 15.1 Å². The third-order valence-corrected chi connectivity index (χ3v) is 5.78. The van der Waals surface area contributed by atoms with Gasteiger partial charge in [-0.15, -0.1) is 0 Å². The van der Waals surface area contributed by atoms with Crippen LogP contribution in [-0.2, 0) is 5.54 Å². The Bertz CT molecular complexity index is 775. The number of nitrogens with one attached hydrogen (secondary N) is 2. The molecule has 5 heteroatoms. The lowest BCUT2D eigenvalue weighted by Crippen LogP contribution is -2.45. The Labute approximate surface area is 156 Å². The van der Waals surface area contributed by atoms with Crippen molar-refractivity contribution in [1.29, 1.82) is 0 Å². The zero-order valence-electron chi connectivity index (χ0n) is 16.5. The molecule has 3 rings (SSSR count). The molecular formula is C21H30N4O. The standard InChI is InChI=1S/C21H30N4O/c1-6-21(5,7-2)24-19(26)16-14-22-25-18(16)23-17(13-20(25,3)4)15-11-9-8-10-12-15/h8-12,14,17,23H,6-7,13H2,1-5H3,(H,24,26). The summed E-state index contributed by atoms with van der Waals surface area (Å²) in [5.74, 6) is 0.747. The van der Waals surface area contributed by atoms with Crippen LogP contribution < -0.4 is 10.6 Å². The molecular weight excluding hydrogens is 324 g/mol. The van der Waals surface area contributed by atoms with Gasteiger partial charge in [0, 0.05) is 5.54 Å². The fourth-order valence-electron chi connectivity index (χ4n) is 3.57. The molecule has 1 aromatic carbocycles. The van der Waals surface area contributed by atoms with E-state index in [2.05, 4.69) is 74.6 Å². The quantitative estimate of drug-likeness (QED) is 0.832. The van der Waals surface area contributed by atoms with Gasteiger partial charge < -0.3 is 10.6 Å².